The van der Waals surface area contributed by atoms with Crippen molar-refractivity contribution in [2.75, 3.05) is 4.90 Å². The van der Waals surface area contributed by atoms with Crippen LogP contribution in [0.3, 0.4) is 0 Å². The molecular weight excluding hydrogens is 346 g/mol. The summed E-state index contributed by atoms with van der Waals surface area (Å²) in [7, 11) is 0. The highest BCUT2D eigenvalue weighted by Crippen LogP contribution is 2.52. The SMILES string of the molecule is CC1(C)c2cc(N(c3ccccc3)c3ccccc3)ccc2-c2sccc21. The number of nitrogens with zero attached hydrogens (tertiary/aromatic N) is 1. The molecule has 1 heterocycles. The summed E-state index contributed by atoms with van der Waals surface area (Å²) in [6, 6.07) is 30.4. The third-order valence-corrected chi connectivity index (χ3v) is 6.49. The molecule has 1 aliphatic carbocycles. The molecule has 0 amide bonds. The number of fused-ring (bicyclic) bond motifs is 3. The van der Waals surface area contributed by atoms with Crippen LogP contribution in [0.1, 0.15) is 25.0 Å². The lowest BCUT2D eigenvalue weighted by Gasteiger charge is -2.28. The average Bonchev–Trinajstić information content (AvgIpc) is 3.27. The zero-order valence-corrected chi connectivity index (χ0v) is 16.3. The summed E-state index contributed by atoms with van der Waals surface area (Å²) >= 11 is 1.85. The second-order valence-electron chi connectivity index (χ2n) is 7.52. The van der Waals surface area contributed by atoms with Crippen LogP contribution in [0.25, 0.3) is 10.4 Å². The minimum atomic E-state index is 0.0414. The van der Waals surface area contributed by atoms with Gasteiger partial charge in [-0.05, 0) is 64.5 Å². The molecule has 0 unspecified atom stereocenters. The number of para-hydroxylation sites is 2. The van der Waals surface area contributed by atoms with Crippen LogP contribution < -0.4 is 4.90 Å². The summed E-state index contributed by atoms with van der Waals surface area (Å²) in [5, 5.41) is 2.21. The van der Waals surface area contributed by atoms with E-state index in [9.17, 15) is 0 Å². The lowest BCUT2D eigenvalue weighted by Crippen LogP contribution is -2.16. The smallest absolute Gasteiger partial charge is 0.0465 e. The van der Waals surface area contributed by atoms with E-state index in [4.69, 9.17) is 0 Å². The topological polar surface area (TPSA) is 3.24 Å². The van der Waals surface area contributed by atoms with Gasteiger partial charge in [0.05, 0.1) is 0 Å². The van der Waals surface area contributed by atoms with Crippen molar-refractivity contribution >= 4 is 28.4 Å². The van der Waals surface area contributed by atoms with E-state index in [1.165, 1.54) is 38.6 Å². The minimum Gasteiger partial charge on any atom is -0.310 e. The number of benzene rings is 3. The van der Waals surface area contributed by atoms with E-state index in [1.807, 2.05) is 11.3 Å². The summed E-state index contributed by atoms with van der Waals surface area (Å²) in [6.45, 7) is 4.67. The molecule has 0 saturated carbocycles. The second kappa shape index (κ2) is 6.11. The van der Waals surface area contributed by atoms with Crippen LogP contribution >= 0.6 is 11.3 Å². The zero-order valence-electron chi connectivity index (χ0n) is 15.5. The molecule has 1 aliphatic rings. The summed E-state index contributed by atoms with van der Waals surface area (Å²) in [5.41, 5.74) is 7.84. The molecular formula is C25H21NS. The Morgan fingerprint density at radius 1 is 0.667 bits per heavy atom. The maximum Gasteiger partial charge on any atom is 0.0465 e. The van der Waals surface area contributed by atoms with Crippen molar-refractivity contribution in [1.29, 1.82) is 0 Å². The Hall–Kier alpha value is -2.84. The fourth-order valence-corrected chi connectivity index (χ4v) is 5.24. The van der Waals surface area contributed by atoms with Crippen LogP contribution in [0.2, 0.25) is 0 Å². The van der Waals surface area contributed by atoms with Crippen LogP contribution in [0, 0.1) is 0 Å². The molecule has 0 bridgehead atoms. The molecule has 0 radical (unpaired) electrons. The Bertz CT molecular complexity index is 1050. The second-order valence-corrected chi connectivity index (χ2v) is 8.44. The number of anilines is 3. The van der Waals surface area contributed by atoms with Crippen molar-refractivity contribution in [2.24, 2.45) is 0 Å². The molecule has 4 aromatic rings. The van der Waals surface area contributed by atoms with E-state index in [0.29, 0.717) is 0 Å². The van der Waals surface area contributed by atoms with Crippen LogP contribution in [0.5, 0.6) is 0 Å². The average molecular weight is 368 g/mol. The fraction of sp³-hybridized carbons (Fsp3) is 0.120. The monoisotopic (exact) mass is 367 g/mol. The lowest BCUT2D eigenvalue weighted by atomic mass is 9.83. The van der Waals surface area contributed by atoms with Gasteiger partial charge in [-0.25, -0.2) is 0 Å². The van der Waals surface area contributed by atoms with Gasteiger partial charge < -0.3 is 4.90 Å². The zero-order chi connectivity index (χ0) is 18.4. The van der Waals surface area contributed by atoms with E-state index in [2.05, 4.69) is 109 Å². The van der Waals surface area contributed by atoms with E-state index < -0.39 is 0 Å². The summed E-state index contributed by atoms with van der Waals surface area (Å²) in [4.78, 5) is 3.76. The predicted molar refractivity (Wildman–Crippen MR) is 117 cm³/mol. The van der Waals surface area contributed by atoms with Crippen LogP contribution in [0.15, 0.2) is 90.3 Å². The molecule has 5 rings (SSSR count). The minimum absolute atomic E-state index is 0.0414. The highest BCUT2D eigenvalue weighted by molar-refractivity contribution is 7.14. The predicted octanol–water partition coefficient (Wildman–Crippen LogP) is 7.52. The Morgan fingerprint density at radius 3 is 1.93 bits per heavy atom. The van der Waals surface area contributed by atoms with Crippen molar-refractivity contribution in [2.45, 2.75) is 19.3 Å². The molecule has 2 heteroatoms. The number of rotatable bonds is 3. The standard InChI is InChI=1S/C25H21NS/c1-25(2)22-15-16-27-24(22)21-14-13-20(17-23(21)25)26(18-9-5-3-6-10-18)19-11-7-4-8-12-19/h3-17H,1-2H3. The maximum atomic E-state index is 2.38. The lowest BCUT2D eigenvalue weighted by molar-refractivity contribution is 0.662. The van der Waals surface area contributed by atoms with Crippen molar-refractivity contribution in [3.63, 3.8) is 0 Å². The van der Waals surface area contributed by atoms with Crippen molar-refractivity contribution in [1.82, 2.24) is 0 Å². The largest absolute Gasteiger partial charge is 0.310 e. The van der Waals surface area contributed by atoms with E-state index in [0.717, 1.165) is 0 Å². The van der Waals surface area contributed by atoms with Crippen LogP contribution in [-0.2, 0) is 5.41 Å². The quantitative estimate of drug-likeness (QED) is 0.362. The molecule has 0 fully saturated rings. The molecule has 132 valence electrons. The molecule has 1 nitrogen and oxygen atoms in total. The Balaban J connectivity index is 1.69. The molecule has 27 heavy (non-hydrogen) atoms. The molecule has 0 N–H and O–H groups in total. The first-order valence-corrected chi connectivity index (χ1v) is 10.2. The first kappa shape index (κ1) is 16.3. The molecule has 0 spiro atoms. The van der Waals surface area contributed by atoms with E-state index in [1.54, 1.807) is 0 Å². The maximum absolute atomic E-state index is 2.38. The van der Waals surface area contributed by atoms with Gasteiger partial charge in [0.15, 0.2) is 0 Å². The van der Waals surface area contributed by atoms with Gasteiger partial charge in [-0.3, -0.25) is 0 Å². The highest BCUT2D eigenvalue weighted by atomic mass is 32.1. The van der Waals surface area contributed by atoms with Gasteiger partial charge in [0, 0.05) is 27.4 Å². The number of hydrogen-bond donors (Lipinski definition) is 0. The number of hydrogen-bond acceptors (Lipinski definition) is 2. The van der Waals surface area contributed by atoms with Crippen molar-refractivity contribution in [3.05, 3.63) is 101 Å². The van der Waals surface area contributed by atoms with Crippen LogP contribution in [-0.4, -0.2) is 0 Å². The first-order chi connectivity index (χ1) is 13.2. The van der Waals surface area contributed by atoms with E-state index >= 15 is 0 Å². The molecule has 0 saturated heterocycles. The third kappa shape index (κ3) is 2.52. The Morgan fingerprint density at radius 2 is 1.30 bits per heavy atom. The summed E-state index contributed by atoms with van der Waals surface area (Å²) < 4.78 is 0. The van der Waals surface area contributed by atoms with Crippen LogP contribution in [0.4, 0.5) is 17.1 Å². The van der Waals surface area contributed by atoms with Gasteiger partial charge in [-0.1, -0.05) is 56.3 Å². The first-order valence-electron chi connectivity index (χ1n) is 9.29. The number of thiophene rings is 1. The molecule has 3 aromatic carbocycles. The summed E-state index contributed by atoms with van der Waals surface area (Å²) in [6.07, 6.45) is 0. The normalized spacial score (nSPS) is 13.9. The molecule has 1 aromatic heterocycles. The van der Waals surface area contributed by atoms with E-state index in [-0.39, 0.29) is 5.41 Å². The van der Waals surface area contributed by atoms with Gasteiger partial charge in [-0.2, -0.15) is 0 Å². The Labute approximate surface area is 164 Å². The van der Waals surface area contributed by atoms with Gasteiger partial charge in [-0.15, -0.1) is 11.3 Å². The van der Waals surface area contributed by atoms with Gasteiger partial charge in [0.1, 0.15) is 0 Å². The third-order valence-electron chi connectivity index (χ3n) is 5.55. The van der Waals surface area contributed by atoms with Gasteiger partial charge in [0.2, 0.25) is 0 Å². The van der Waals surface area contributed by atoms with Crippen molar-refractivity contribution < 1.29 is 0 Å². The molecule has 0 aliphatic heterocycles. The summed E-state index contributed by atoms with van der Waals surface area (Å²) in [5.74, 6) is 0. The Kier molecular flexibility index (Phi) is 3.70. The molecule has 0 atom stereocenters. The van der Waals surface area contributed by atoms with Gasteiger partial charge >= 0.3 is 0 Å². The van der Waals surface area contributed by atoms with Gasteiger partial charge in [0.25, 0.3) is 0 Å². The highest BCUT2D eigenvalue weighted by Gasteiger charge is 2.36. The fourth-order valence-electron chi connectivity index (χ4n) is 4.14. The van der Waals surface area contributed by atoms with Crippen molar-refractivity contribution in [3.8, 4) is 10.4 Å².